The van der Waals surface area contributed by atoms with Crippen LogP contribution in [0.25, 0.3) is 0 Å². The molecule has 5 heteroatoms. The molecule has 21 heavy (non-hydrogen) atoms. The molecule has 5 nitrogen and oxygen atoms in total. The second-order valence-corrected chi connectivity index (χ2v) is 6.01. The molecule has 0 unspecified atom stereocenters. The minimum Gasteiger partial charge on any atom is -0.396 e. The third-order valence-electron chi connectivity index (χ3n) is 4.34. The lowest BCUT2D eigenvalue weighted by atomic mass is 9.74. The van der Waals surface area contributed by atoms with Gasteiger partial charge in [0.1, 0.15) is 17.5 Å². The SMILES string of the molecule is CCNc1cc(NCC2(CO)CCCCC2)nc(CC)n1. The summed E-state index contributed by atoms with van der Waals surface area (Å²) in [5, 5.41) is 16.4. The number of aliphatic hydroxyl groups excluding tert-OH is 1. The highest BCUT2D eigenvalue weighted by molar-refractivity contribution is 5.47. The third-order valence-corrected chi connectivity index (χ3v) is 4.34. The van der Waals surface area contributed by atoms with Crippen LogP contribution in [0.3, 0.4) is 0 Å². The van der Waals surface area contributed by atoms with E-state index in [0.29, 0.717) is 0 Å². The van der Waals surface area contributed by atoms with Gasteiger partial charge in [-0.2, -0.15) is 0 Å². The van der Waals surface area contributed by atoms with E-state index in [1.807, 2.05) is 6.07 Å². The zero-order chi connectivity index (χ0) is 15.1. The second kappa shape index (κ2) is 7.59. The average Bonchev–Trinajstić information content (AvgIpc) is 2.54. The smallest absolute Gasteiger partial charge is 0.132 e. The summed E-state index contributed by atoms with van der Waals surface area (Å²) in [5.74, 6) is 2.57. The van der Waals surface area contributed by atoms with Gasteiger partial charge in [-0.1, -0.05) is 26.2 Å². The number of aromatic nitrogens is 2. The molecule has 118 valence electrons. The minimum atomic E-state index is 0.0218. The van der Waals surface area contributed by atoms with Crippen LogP contribution in [0.5, 0.6) is 0 Å². The van der Waals surface area contributed by atoms with Gasteiger partial charge >= 0.3 is 0 Å². The quantitative estimate of drug-likeness (QED) is 0.721. The van der Waals surface area contributed by atoms with E-state index in [-0.39, 0.29) is 12.0 Å². The highest BCUT2D eigenvalue weighted by atomic mass is 16.3. The maximum atomic E-state index is 9.77. The first-order valence-electron chi connectivity index (χ1n) is 8.18. The number of nitrogens with zero attached hydrogens (tertiary/aromatic N) is 2. The molecular formula is C16H28N4O. The fourth-order valence-corrected chi connectivity index (χ4v) is 2.99. The highest BCUT2D eigenvalue weighted by Crippen LogP contribution is 2.35. The molecular weight excluding hydrogens is 264 g/mol. The van der Waals surface area contributed by atoms with Crippen LogP contribution in [-0.2, 0) is 6.42 Å². The Kier molecular flexibility index (Phi) is 5.79. The Morgan fingerprint density at radius 1 is 1.10 bits per heavy atom. The van der Waals surface area contributed by atoms with Gasteiger partial charge in [-0.05, 0) is 19.8 Å². The predicted octanol–water partition coefficient (Wildman–Crippen LogP) is 2.83. The molecule has 0 bridgehead atoms. The molecule has 1 aliphatic carbocycles. The number of anilines is 2. The maximum absolute atomic E-state index is 9.77. The van der Waals surface area contributed by atoms with Crippen LogP contribution in [0.2, 0.25) is 0 Å². The fourth-order valence-electron chi connectivity index (χ4n) is 2.99. The van der Waals surface area contributed by atoms with Crippen molar-refractivity contribution in [2.75, 3.05) is 30.3 Å². The standard InChI is InChI=1S/C16H28N4O/c1-3-13-19-14(17-4-2)10-15(20-13)18-11-16(12-21)8-6-5-7-9-16/h10,21H,3-9,11-12H2,1-2H3,(H2,17,18,19,20). The highest BCUT2D eigenvalue weighted by Gasteiger charge is 2.31. The Hall–Kier alpha value is -1.36. The first kappa shape index (κ1) is 16.0. The molecule has 0 aliphatic heterocycles. The topological polar surface area (TPSA) is 70.1 Å². The summed E-state index contributed by atoms with van der Waals surface area (Å²) in [5.41, 5.74) is 0.0218. The Morgan fingerprint density at radius 3 is 2.33 bits per heavy atom. The fraction of sp³-hybridized carbons (Fsp3) is 0.750. The van der Waals surface area contributed by atoms with Gasteiger partial charge in [-0.25, -0.2) is 9.97 Å². The number of nitrogens with one attached hydrogen (secondary N) is 2. The second-order valence-electron chi connectivity index (χ2n) is 6.01. The van der Waals surface area contributed by atoms with Gasteiger partial charge in [0.2, 0.25) is 0 Å². The first-order valence-corrected chi connectivity index (χ1v) is 8.18. The minimum absolute atomic E-state index is 0.0218. The van der Waals surface area contributed by atoms with Gasteiger partial charge in [-0.15, -0.1) is 0 Å². The number of hydrogen-bond donors (Lipinski definition) is 3. The van der Waals surface area contributed by atoms with E-state index in [1.54, 1.807) is 0 Å². The normalized spacial score (nSPS) is 17.5. The molecule has 2 rings (SSSR count). The summed E-state index contributed by atoms with van der Waals surface area (Å²) in [7, 11) is 0. The molecule has 1 aliphatic rings. The molecule has 1 aromatic rings. The molecule has 1 heterocycles. The van der Waals surface area contributed by atoms with E-state index in [2.05, 4.69) is 34.4 Å². The molecule has 0 spiro atoms. The van der Waals surface area contributed by atoms with Gasteiger partial charge in [0.25, 0.3) is 0 Å². The molecule has 0 saturated heterocycles. The largest absolute Gasteiger partial charge is 0.396 e. The van der Waals surface area contributed by atoms with Crippen molar-refractivity contribution in [1.82, 2.24) is 9.97 Å². The van der Waals surface area contributed by atoms with Crippen LogP contribution >= 0.6 is 0 Å². The van der Waals surface area contributed by atoms with Crippen LogP contribution in [-0.4, -0.2) is 34.8 Å². The molecule has 3 N–H and O–H groups in total. The van der Waals surface area contributed by atoms with Crippen molar-refractivity contribution < 1.29 is 5.11 Å². The van der Waals surface area contributed by atoms with E-state index in [9.17, 15) is 5.11 Å². The number of hydrogen-bond acceptors (Lipinski definition) is 5. The zero-order valence-corrected chi connectivity index (χ0v) is 13.3. The van der Waals surface area contributed by atoms with Crippen molar-refractivity contribution in [2.24, 2.45) is 5.41 Å². The van der Waals surface area contributed by atoms with Crippen LogP contribution in [0.4, 0.5) is 11.6 Å². The summed E-state index contributed by atoms with van der Waals surface area (Å²) in [6.07, 6.45) is 6.74. The Bertz CT molecular complexity index is 444. The Morgan fingerprint density at radius 2 is 1.76 bits per heavy atom. The lowest BCUT2D eigenvalue weighted by Crippen LogP contribution is -2.35. The van der Waals surface area contributed by atoms with Crippen molar-refractivity contribution in [2.45, 2.75) is 52.4 Å². The molecule has 0 radical (unpaired) electrons. The molecule has 0 amide bonds. The molecule has 0 aromatic carbocycles. The summed E-state index contributed by atoms with van der Waals surface area (Å²) >= 11 is 0. The van der Waals surface area contributed by atoms with Crippen molar-refractivity contribution in [3.05, 3.63) is 11.9 Å². The van der Waals surface area contributed by atoms with Gasteiger partial charge in [0.15, 0.2) is 0 Å². The van der Waals surface area contributed by atoms with Crippen LogP contribution in [0.1, 0.15) is 51.8 Å². The number of rotatable bonds is 7. The molecule has 1 aromatic heterocycles. The first-order chi connectivity index (χ1) is 10.2. The summed E-state index contributed by atoms with van der Waals surface area (Å²) in [4.78, 5) is 9.00. The molecule has 1 fully saturated rings. The van der Waals surface area contributed by atoms with Crippen molar-refractivity contribution in [3.8, 4) is 0 Å². The van der Waals surface area contributed by atoms with Gasteiger partial charge < -0.3 is 15.7 Å². The van der Waals surface area contributed by atoms with E-state index >= 15 is 0 Å². The van der Waals surface area contributed by atoms with E-state index in [4.69, 9.17) is 0 Å². The lowest BCUT2D eigenvalue weighted by Gasteiger charge is -2.35. The third kappa shape index (κ3) is 4.30. The zero-order valence-electron chi connectivity index (χ0n) is 13.3. The number of aryl methyl sites for hydroxylation is 1. The van der Waals surface area contributed by atoms with E-state index in [0.717, 1.165) is 49.8 Å². The summed E-state index contributed by atoms with van der Waals surface area (Å²) < 4.78 is 0. The summed E-state index contributed by atoms with van der Waals surface area (Å²) in [6.45, 7) is 6.01. The predicted molar refractivity (Wildman–Crippen MR) is 86.7 cm³/mol. The Balaban J connectivity index is 2.05. The van der Waals surface area contributed by atoms with Crippen molar-refractivity contribution >= 4 is 11.6 Å². The molecule has 1 saturated carbocycles. The lowest BCUT2D eigenvalue weighted by molar-refractivity contribution is 0.0943. The average molecular weight is 292 g/mol. The Labute approximate surface area is 127 Å². The molecule has 0 atom stereocenters. The van der Waals surface area contributed by atoms with Crippen LogP contribution < -0.4 is 10.6 Å². The van der Waals surface area contributed by atoms with Gasteiger partial charge in [-0.3, -0.25) is 0 Å². The van der Waals surface area contributed by atoms with Gasteiger partial charge in [0.05, 0.1) is 6.61 Å². The van der Waals surface area contributed by atoms with Crippen LogP contribution in [0.15, 0.2) is 6.07 Å². The van der Waals surface area contributed by atoms with E-state index < -0.39 is 0 Å². The van der Waals surface area contributed by atoms with Crippen molar-refractivity contribution in [3.63, 3.8) is 0 Å². The maximum Gasteiger partial charge on any atom is 0.132 e. The number of aliphatic hydroxyl groups is 1. The van der Waals surface area contributed by atoms with Gasteiger partial charge in [0, 0.05) is 31.0 Å². The monoisotopic (exact) mass is 292 g/mol. The van der Waals surface area contributed by atoms with Crippen LogP contribution in [0, 0.1) is 5.41 Å². The summed E-state index contributed by atoms with van der Waals surface area (Å²) in [6, 6.07) is 1.95. The van der Waals surface area contributed by atoms with Crippen molar-refractivity contribution in [1.29, 1.82) is 0 Å². The van der Waals surface area contributed by atoms with E-state index in [1.165, 1.54) is 19.3 Å².